The van der Waals surface area contributed by atoms with Crippen molar-refractivity contribution in [3.8, 4) is 0 Å². The lowest BCUT2D eigenvalue weighted by molar-refractivity contribution is -0.0249. The predicted octanol–water partition coefficient (Wildman–Crippen LogP) is 2.26. The van der Waals surface area contributed by atoms with Crippen LogP contribution in [0.1, 0.15) is 48.3 Å². The molecule has 0 radical (unpaired) electrons. The Morgan fingerprint density at radius 3 is 2.74 bits per heavy atom. The Bertz CT molecular complexity index is 866. The molecular formula is C19H22FN3O4. The number of amides is 1. The molecule has 2 aromatic rings. The molecule has 3 rings (SSSR count). The molecule has 1 aliphatic heterocycles. The summed E-state index contributed by atoms with van der Waals surface area (Å²) in [6.07, 6.45) is 2.88. The van der Waals surface area contributed by atoms with E-state index in [9.17, 15) is 14.0 Å². The third-order valence-corrected chi connectivity index (χ3v) is 4.49. The zero-order valence-electron chi connectivity index (χ0n) is 15.0. The summed E-state index contributed by atoms with van der Waals surface area (Å²) in [5, 5.41) is 11.4. The maximum Gasteiger partial charge on any atom is 0.351 e. The molecule has 1 aromatic carbocycles. The van der Waals surface area contributed by atoms with Crippen molar-refractivity contribution in [2.45, 2.75) is 44.9 Å². The molecule has 1 fully saturated rings. The summed E-state index contributed by atoms with van der Waals surface area (Å²) < 4.78 is 20.9. The van der Waals surface area contributed by atoms with Gasteiger partial charge in [0, 0.05) is 5.56 Å². The fourth-order valence-electron chi connectivity index (χ4n) is 3.06. The van der Waals surface area contributed by atoms with Crippen LogP contribution >= 0.6 is 0 Å². The number of nitrogens with one attached hydrogen (secondary N) is 1. The van der Waals surface area contributed by atoms with Gasteiger partial charge in [-0.2, -0.15) is 4.98 Å². The molecule has 7 nitrogen and oxygen atoms in total. The molecule has 8 heteroatoms. The van der Waals surface area contributed by atoms with E-state index in [0.717, 1.165) is 29.2 Å². The van der Waals surface area contributed by atoms with Crippen molar-refractivity contribution < 1.29 is 19.0 Å². The second kappa shape index (κ2) is 8.41. The van der Waals surface area contributed by atoms with E-state index in [1.54, 1.807) is 12.1 Å². The molecule has 0 bridgehead atoms. The van der Waals surface area contributed by atoms with Gasteiger partial charge in [0.15, 0.2) is 11.6 Å². The van der Waals surface area contributed by atoms with Crippen molar-refractivity contribution >= 4 is 11.7 Å². The normalized spacial score (nSPS) is 19.2. The van der Waals surface area contributed by atoms with Crippen molar-refractivity contribution in [2.24, 2.45) is 0 Å². The number of aryl methyl sites for hydroxylation is 1. The number of halogens is 1. The van der Waals surface area contributed by atoms with Gasteiger partial charge in [0.05, 0.1) is 18.9 Å². The smallest absolute Gasteiger partial charge is 0.351 e. The van der Waals surface area contributed by atoms with Gasteiger partial charge < -0.3 is 15.2 Å². The lowest BCUT2D eigenvalue weighted by Crippen LogP contribution is -2.30. The second-order valence-corrected chi connectivity index (χ2v) is 6.50. The molecule has 1 amide bonds. The fourth-order valence-corrected chi connectivity index (χ4v) is 3.06. The van der Waals surface area contributed by atoms with E-state index in [4.69, 9.17) is 9.84 Å². The van der Waals surface area contributed by atoms with E-state index in [2.05, 4.69) is 17.2 Å². The van der Waals surface area contributed by atoms with Crippen LogP contribution in [0.25, 0.3) is 0 Å². The number of anilines is 1. The highest BCUT2D eigenvalue weighted by atomic mass is 19.1. The summed E-state index contributed by atoms with van der Waals surface area (Å²) in [5.74, 6) is -1.80. The van der Waals surface area contributed by atoms with E-state index in [-0.39, 0.29) is 12.7 Å². The summed E-state index contributed by atoms with van der Waals surface area (Å²) in [4.78, 5) is 28.1. The monoisotopic (exact) mass is 375 g/mol. The van der Waals surface area contributed by atoms with Crippen LogP contribution in [0, 0.1) is 5.82 Å². The third-order valence-electron chi connectivity index (χ3n) is 4.49. The highest BCUT2D eigenvalue weighted by molar-refractivity contribution is 6.03. The predicted molar refractivity (Wildman–Crippen MR) is 97.1 cm³/mol. The maximum absolute atomic E-state index is 14.4. The average Bonchev–Trinajstić information content (AvgIpc) is 3.14. The summed E-state index contributed by atoms with van der Waals surface area (Å²) in [7, 11) is 0. The highest BCUT2D eigenvalue weighted by Gasteiger charge is 2.27. The third kappa shape index (κ3) is 4.40. The van der Waals surface area contributed by atoms with Crippen LogP contribution in [0.2, 0.25) is 0 Å². The Labute approximate surface area is 155 Å². The van der Waals surface area contributed by atoms with Crippen molar-refractivity contribution in [1.29, 1.82) is 0 Å². The van der Waals surface area contributed by atoms with Crippen LogP contribution in [-0.4, -0.2) is 33.3 Å². The Morgan fingerprint density at radius 1 is 1.37 bits per heavy atom. The summed E-state index contributed by atoms with van der Waals surface area (Å²) in [6.45, 7) is 1.91. The quantitative estimate of drug-likeness (QED) is 0.808. The van der Waals surface area contributed by atoms with Gasteiger partial charge in [0.1, 0.15) is 6.23 Å². The second-order valence-electron chi connectivity index (χ2n) is 6.50. The minimum atomic E-state index is -0.832. The zero-order chi connectivity index (χ0) is 19.4. The lowest BCUT2D eigenvalue weighted by atomic mass is 10.1. The summed E-state index contributed by atoms with van der Waals surface area (Å²) >= 11 is 0. The number of hydrogen-bond acceptors (Lipinski definition) is 5. The van der Waals surface area contributed by atoms with Crippen LogP contribution < -0.4 is 11.0 Å². The van der Waals surface area contributed by atoms with Gasteiger partial charge in [0.2, 0.25) is 0 Å². The zero-order valence-corrected chi connectivity index (χ0v) is 15.0. The average molecular weight is 375 g/mol. The summed E-state index contributed by atoms with van der Waals surface area (Å²) in [6, 6.07) is 6.99. The van der Waals surface area contributed by atoms with E-state index < -0.39 is 29.5 Å². The van der Waals surface area contributed by atoms with Crippen LogP contribution in [0.3, 0.4) is 0 Å². The molecule has 27 heavy (non-hydrogen) atoms. The molecule has 0 spiro atoms. The molecule has 144 valence electrons. The van der Waals surface area contributed by atoms with Gasteiger partial charge in [-0.15, -0.1) is 0 Å². The standard InChI is InChI=1S/C19H22FN3O4/c1-2-3-12-4-6-13(7-5-12)18(25)21-17-15(20)10-23(19(26)22-17)16-9-8-14(11-24)27-16/h4-7,10,14,16,24H,2-3,8-9,11H2,1H3,(H,21,22,25,26). The topological polar surface area (TPSA) is 93.5 Å². The van der Waals surface area contributed by atoms with Crippen molar-refractivity contribution in [1.82, 2.24) is 9.55 Å². The van der Waals surface area contributed by atoms with Crippen LogP contribution in [-0.2, 0) is 11.2 Å². The van der Waals surface area contributed by atoms with Crippen molar-refractivity contribution in [2.75, 3.05) is 11.9 Å². The van der Waals surface area contributed by atoms with Crippen LogP contribution in [0.5, 0.6) is 0 Å². The first-order chi connectivity index (χ1) is 13.0. The lowest BCUT2D eigenvalue weighted by Gasteiger charge is -2.15. The number of aliphatic hydroxyl groups is 1. The molecule has 1 saturated heterocycles. The Hall–Kier alpha value is -2.58. The Morgan fingerprint density at radius 2 is 2.11 bits per heavy atom. The van der Waals surface area contributed by atoms with E-state index in [1.807, 2.05) is 12.1 Å². The van der Waals surface area contributed by atoms with Gasteiger partial charge in [-0.1, -0.05) is 25.5 Å². The molecule has 2 heterocycles. The number of benzene rings is 1. The van der Waals surface area contributed by atoms with Crippen molar-refractivity contribution in [3.63, 3.8) is 0 Å². The van der Waals surface area contributed by atoms with Gasteiger partial charge >= 0.3 is 5.69 Å². The van der Waals surface area contributed by atoms with Crippen LogP contribution in [0.15, 0.2) is 35.3 Å². The van der Waals surface area contributed by atoms with Gasteiger partial charge in [0.25, 0.3) is 5.91 Å². The fraction of sp³-hybridized carbons (Fsp3) is 0.421. The molecule has 2 unspecified atom stereocenters. The molecule has 0 aliphatic carbocycles. The van der Waals surface area contributed by atoms with Gasteiger partial charge in [-0.25, -0.2) is 9.18 Å². The highest BCUT2D eigenvalue weighted by Crippen LogP contribution is 2.27. The molecule has 2 N–H and O–H groups in total. The molecule has 1 aromatic heterocycles. The summed E-state index contributed by atoms with van der Waals surface area (Å²) in [5.41, 5.74) is 0.734. The minimum absolute atomic E-state index is 0.160. The minimum Gasteiger partial charge on any atom is -0.394 e. The first kappa shape index (κ1) is 19.2. The maximum atomic E-state index is 14.4. The first-order valence-electron chi connectivity index (χ1n) is 8.97. The van der Waals surface area contributed by atoms with Gasteiger partial charge in [-0.05, 0) is 37.0 Å². The van der Waals surface area contributed by atoms with Gasteiger partial charge in [-0.3, -0.25) is 9.36 Å². The Kier molecular flexibility index (Phi) is 5.98. The molecule has 1 aliphatic rings. The number of rotatable bonds is 6. The SMILES string of the molecule is CCCc1ccc(C(=O)Nc2nc(=O)n(C3CCC(CO)O3)cc2F)cc1. The number of carbonyl (C=O) groups is 1. The number of ether oxygens (including phenoxy) is 1. The number of nitrogens with zero attached hydrogens (tertiary/aromatic N) is 2. The van der Waals surface area contributed by atoms with E-state index >= 15 is 0 Å². The number of aromatic nitrogens is 2. The van der Waals surface area contributed by atoms with Crippen molar-refractivity contribution in [3.05, 3.63) is 57.9 Å². The molecular weight excluding hydrogens is 353 g/mol. The number of carbonyl (C=O) groups excluding carboxylic acids is 1. The number of aliphatic hydroxyl groups excluding tert-OH is 1. The molecule has 0 saturated carbocycles. The molecule has 2 atom stereocenters. The van der Waals surface area contributed by atoms with E-state index in [1.165, 1.54) is 0 Å². The van der Waals surface area contributed by atoms with E-state index in [0.29, 0.717) is 18.4 Å². The largest absolute Gasteiger partial charge is 0.394 e. The van der Waals surface area contributed by atoms with Crippen LogP contribution in [0.4, 0.5) is 10.2 Å². The number of hydrogen-bond donors (Lipinski definition) is 2. The first-order valence-corrected chi connectivity index (χ1v) is 8.97. The Balaban J connectivity index is 1.74.